The number of anilines is 2. The number of ether oxygens (including phenoxy) is 1. The summed E-state index contributed by atoms with van der Waals surface area (Å²) < 4.78 is 6.79. The monoisotopic (exact) mass is 526 g/mol. The predicted molar refractivity (Wildman–Crippen MR) is 124 cm³/mol. The third kappa shape index (κ3) is 6.18. The zero-order valence-electron chi connectivity index (χ0n) is 15.6. The molecule has 0 fully saturated rings. The van der Waals surface area contributed by atoms with Crippen molar-refractivity contribution in [3.63, 3.8) is 0 Å². The van der Waals surface area contributed by atoms with Gasteiger partial charge in [0, 0.05) is 4.47 Å². The van der Waals surface area contributed by atoms with Gasteiger partial charge in [0.15, 0.2) is 4.34 Å². The molecule has 11 heteroatoms. The number of benzene rings is 2. The van der Waals surface area contributed by atoms with E-state index < -0.39 is 0 Å². The second-order valence-corrected chi connectivity index (χ2v) is 9.24. The minimum atomic E-state index is -0.390. The Hall–Kier alpha value is -2.14. The van der Waals surface area contributed by atoms with Gasteiger partial charge in [0.25, 0.3) is 5.91 Å². The lowest BCUT2D eigenvalue weighted by Gasteiger charge is -2.10. The van der Waals surface area contributed by atoms with E-state index in [4.69, 9.17) is 16.3 Å². The van der Waals surface area contributed by atoms with Crippen molar-refractivity contribution < 1.29 is 14.3 Å². The van der Waals surface area contributed by atoms with Crippen LogP contribution < -0.4 is 15.4 Å². The van der Waals surface area contributed by atoms with Crippen LogP contribution in [0.3, 0.4) is 0 Å². The van der Waals surface area contributed by atoms with Gasteiger partial charge in [-0.25, -0.2) is 0 Å². The molecular formula is C19H16BrClN4O3S2. The first kappa shape index (κ1) is 22.5. The van der Waals surface area contributed by atoms with Gasteiger partial charge in [-0.3, -0.25) is 14.9 Å². The average Bonchev–Trinajstić information content (AvgIpc) is 3.17. The SMILES string of the molecule is CCOc1ccccc1NC(=O)CSc1nnc(NC(=O)c2cc(Br)ccc2Cl)s1. The summed E-state index contributed by atoms with van der Waals surface area (Å²) in [6, 6.07) is 12.2. The summed E-state index contributed by atoms with van der Waals surface area (Å²) >= 11 is 11.8. The number of carbonyl (C=O) groups is 2. The number of aromatic nitrogens is 2. The molecule has 0 saturated carbocycles. The summed E-state index contributed by atoms with van der Waals surface area (Å²) in [4.78, 5) is 24.7. The van der Waals surface area contributed by atoms with Crippen LogP contribution in [0.4, 0.5) is 10.8 Å². The molecule has 1 heterocycles. The lowest BCUT2D eigenvalue weighted by atomic mass is 10.2. The van der Waals surface area contributed by atoms with E-state index in [2.05, 4.69) is 36.8 Å². The van der Waals surface area contributed by atoms with Crippen LogP contribution >= 0.6 is 50.6 Å². The highest BCUT2D eigenvalue weighted by molar-refractivity contribution is 9.10. The summed E-state index contributed by atoms with van der Waals surface area (Å²) in [7, 11) is 0. The second kappa shape index (κ2) is 10.8. The normalized spacial score (nSPS) is 10.5. The van der Waals surface area contributed by atoms with Crippen LogP contribution in [0, 0.1) is 0 Å². The number of rotatable bonds is 8. The molecular weight excluding hydrogens is 512 g/mol. The van der Waals surface area contributed by atoms with Crippen LogP contribution in [-0.4, -0.2) is 34.4 Å². The summed E-state index contributed by atoms with van der Waals surface area (Å²) in [6.07, 6.45) is 0. The van der Waals surface area contributed by atoms with E-state index in [1.807, 2.05) is 19.1 Å². The lowest BCUT2D eigenvalue weighted by molar-refractivity contribution is -0.113. The van der Waals surface area contributed by atoms with Gasteiger partial charge in [-0.2, -0.15) is 0 Å². The molecule has 0 bridgehead atoms. The van der Waals surface area contributed by atoms with Gasteiger partial charge in [-0.05, 0) is 37.3 Å². The minimum Gasteiger partial charge on any atom is -0.492 e. The Bertz CT molecular complexity index is 1060. The molecule has 0 saturated heterocycles. The minimum absolute atomic E-state index is 0.139. The number of halogens is 2. The molecule has 3 rings (SSSR count). The zero-order chi connectivity index (χ0) is 21.5. The summed E-state index contributed by atoms with van der Waals surface area (Å²) in [5.74, 6) is 0.166. The Morgan fingerprint density at radius 3 is 2.80 bits per heavy atom. The summed E-state index contributed by atoms with van der Waals surface area (Å²) in [5.41, 5.74) is 0.934. The first-order chi connectivity index (χ1) is 14.5. The van der Waals surface area contributed by atoms with Crippen molar-refractivity contribution >= 4 is 73.3 Å². The van der Waals surface area contributed by atoms with E-state index in [0.717, 1.165) is 4.47 Å². The van der Waals surface area contributed by atoms with Crippen molar-refractivity contribution in [2.45, 2.75) is 11.3 Å². The molecule has 3 aromatic rings. The van der Waals surface area contributed by atoms with Crippen LogP contribution in [-0.2, 0) is 4.79 Å². The van der Waals surface area contributed by atoms with Crippen molar-refractivity contribution in [3.05, 3.63) is 57.5 Å². The fraction of sp³-hybridized carbons (Fsp3) is 0.158. The smallest absolute Gasteiger partial charge is 0.259 e. The quantitative estimate of drug-likeness (QED) is 0.304. The number of para-hydroxylation sites is 2. The molecule has 156 valence electrons. The van der Waals surface area contributed by atoms with E-state index in [0.29, 0.717) is 38.1 Å². The molecule has 0 aliphatic rings. The third-order valence-corrected chi connectivity index (χ3v) is 6.38. The Morgan fingerprint density at radius 1 is 1.20 bits per heavy atom. The van der Waals surface area contributed by atoms with Gasteiger partial charge in [0.2, 0.25) is 11.0 Å². The Labute approximate surface area is 194 Å². The number of hydrogen-bond acceptors (Lipinski definition) is 7. The molecule has 0 atom stereocenters. The first-order valence-corrected chi connectivity index (χ1v) is 11.7. The highest BCUT2D eigenvalue weighted by Gasteiger charge is 2.15. The van der Waals surface area contributed by atoms with Gasteiger partial charge in [-0.15, -0.1) is 10.2 Å². The van der Waals surface area contributed by atoms with Crippen LogP contribution in [0.15, 0.2) is 51.3 Å². The van der Waals surface area contributed by atoms with Crippen molar-refractivity contribution in [2.75, 3.05) is 23.0 Å². The molecule has 0 unspecified atom stereocenters. The molecule has 0 aliphatic carbocycles. The molecule has 2 N–H and O–H groups in total. The fourth-order valence-electron chi connectivity index (χ4n) is 2.32. The molecule has 2 amide bonds. The molecule has 0 spiro atoms. The van der Waals surface area contributed by atoms with E-state index in [9.17, 15) is 9.59 Å². The van der Waals surface area contributed by atoms with Crippen molar-refractivity contribution in [1.82, 2.24) is 10.2 Å². The highest BCUT2D eigenvalue weighted by atomic mass is 79.9. The second-order valence-electron chi connectivity index (χ2n) is 5.72. The summed E-state index contributed by atoms with van der Waals surface area (Å²) in [6.45, 7) is 2.39. The fourth-order valence-corrected chi connectivity index (χ4v) is 4.43. The summed E-state index contributed by atoms with van der Waals surface area (Å²) in [5, 5.41) is 14.1. The van der Waals surface area contributed by atoms with E-state index in [1.54, 1.807) is 30.3 Å². The van der Waals surface area contributed by atoms with E-state index in [1.165, 1.54) is 23.1 Å². The highest BCUT2D eigenvalue weighted by Crippen LogP contribution is 2.28. The van der Waals surface area contributed by atoms with Gasteiger partial charge in [-0.1, -0.05) is 62.8 Å². The van der Waals surface area contributed by atoms with E-state index >= 15 is 0 Å². The van der Waals surface area contributed by atoms with Crippen molar-refractivity contribution in [3.8, 4) is 5.75 Å². The maximum Gasteiger partial charge on any atom is 0.259 e. The maximum atomic E-state index is 12.4. The number of nitrogens with zero attached hydrogens (tertiary/aromatic N) is 2. The zero-order valence-corrected chi connectivity index (χ0v) is 19.6. The van der Waals surface area contributed by atoms with Crippen LogP contribution in [0.1, 0.15) is 17.3 Å². The number of nitrogens with one attached hydrogen (secondary N) is 2. The number of hydrogen-bond donors (Lipinski definition) is 2. The van der Waals surface area contributed by atoms with Crippen molar-refractivity contribution in [1.29, 1.82) is 0 Å². The molecule has 1 aromatic heterocycles. The van der Waals surface area contributed by atoms with Crippen molar-refractivity contribution in [2.24, 2.45) is 0 Å². The van der Waals surface area contributed by atoms with Gasteiger partial charge in [0.1, 0.15) is 5.75 Å². The maximum absolute atomic E-state index is 12.4. The van der Waals surface area contributed by atoms with Gasteiger partial charge in [0.05, 0.1) is 28.6 Å². The van der Waals surface area contributed by atoms with E-state index in [-0.39, 0.29) is 17.6 Å². The Balaban J connectivity index is 1.55. The lowest BCUT2D eigenvalue weighted by Crippen LogP contribution is -2.14. The van der Waals surface area contributed by atoms with Crippen LogP contribution in [0.25, 0.3) is 0 Å². The Kier molecular flexibility index (Phi) is 8.08. The van der Waals surface area contributed by atoms with Crippen LogP contribution in [0.5, 0.6) is 5.75 Å². The topological polar surface area (TPSA) is 93.2 Å². The standard InChI is InChI=1S/C19H16BrClN4O3S2/c1-2-28-15-6-4-3-5-14(15)22-16(26)10-29-19-25-24-18(30-19)23-17(27)12-9-11(20)7-8-13(12)21/h3-9H,2,10H2,1H3,(H,22,26)(H,23,24,27). The van der Waals surface area contributed by atoms with Gasteiger partial charge >= 0.3 is 0 Å². The molecule has 0 aliphatic heterocycles. The van der Waals surface area contributed by atoms with Gasteiger partial charge < -0.3 is 10.1 Å². The molecule has 30 heavy (non-hydrogen) atoms. The predicted octanol–water partition coefficient (Wildman–Crippen LogP) is 5.34. The third-order valence-electron chi connectivity index (χ3n) is 3.59. The number of thioether (sulfide) groups is 1. The number of amides is 2. The Morgan fingerprint density at radius 2 is 2.00 bits per heavy atom. The first-order valence-electron chi connectivity index (χ1n) is 8.70. The molecule has 7 nitrogen and oxygen atoms in total. The molecule has 0 radical (unpaired) electrons. The number of carbonyl (C=O) groups excluding carboxylic acids is 2. The molecule has 2 aromatic carbocycles. The van der Waals surface area contributed by atoms with Crippen LogP contribution in [0.2, 0.25) is 5.02 Å². The average molecular weight is 528 g/mol. The largest absolute Gasteiger partial charge is 0.492 e.